The fourth-order valence-corrected chi connectivity index (χ4v) is 5.08. The first-order chi connectivity index (χ1) is 15.0. The number of para-hydroxylation sites is 2. The number of hydrogen-bond acceptors (Lipinski definition) is 6. The highest BCUT2D eigenvalue weighted by Gasteiger charge is 2.36. The quantitative estimate of drug-likeness (QED) is 0.369. The zero-order valence-electron chi connectivity index (χ0n) is 17.6. The first-order valence-electron chi connectivity index (χ1n) is 9.81. The summed E-state index contributed by atoms with van der Waals surface area (Å²) in [6.07, 6.45) is 0.961. The maximum atomic E-state index is 13.4. The predicted octanol–water partition coefficient (Wildman–Crippen LogP) is 5.45. The number of allylic oxidation sites excluding steroid dienone is 2. The number of anilines is 1. The maximum absolute atomic E-state index is 13.4. The van der Waals surface area contributed by atoms with Gasteiger partial charge < -0.3 is 19.8 Å². The number of alkyl halides is 1. The smallest absolute Gasteiger partial charge is 0.254 e. The van der Waals surface area contributed by atoms with E-state index in [-0.39, 0.29) is 5.91 Å². The molecule has 1 aliphatic heterocycles. The molecule has 3 rings (SSSR count). The summed E-state index contributed by atoms with van der Waals surface area (Å²) in [5, 5.41) is 17.9. The fourth-order valence-electron chi connectivity index (χ4n) is 3.39. The van der Waals surface area contributed by atoms with Crippen LogP contribution in [0.4, 0.5) is 5.69 Å². The molecule has 1 amide bonds. The predicted molar refractivity (Wildman–Crippen MR) is 127 cm³/mol. The van der Waals surface area contributed by atoms with Crippen molar-refractivity contribution < 1.29 is 13.9 Å². The molecule has 2 aromatic rings. The second-order valence-electron chi connectivity index (χ2n) is 6.95. The molecule has 1 aromatic carbocycles. The molecule has 1 aliphatic rings. The number of nitrogens with one attached hydrogen (secondary N) is 2. The van der Waals surface area contributed by atoms with Crippen molar-refractivity contribution >= 4 is 39.3 Å². The van der Waals surface area contributed by atoms with E-state index in [9.17, 15) is 10.1 Å². The normalized spacial score (nSPS) is 16.0. The van der Waals surface area contributed by atoms with E-state index in [1.54, 1.807) is 31.0 Å². The third-order valence-corrected chi connectivity index (χ3v) is 6.48. The van der Waals surface area contributed by atoms with Gasteiger partial charge in [-0.2, -0.15) is 5.26 Å². The summed E-state index contributed by atoms with van der Waals surface area (Å²) in [4.78, 5) is 13.4. The lowest BCUT2D eigenvalue weighted by atomic mass is 9.85. The number of halogens is 1. The van der Waals surface area contributed by atoms with Gasteiger partial charge in [-0.05, 0) is 44.5 Å². The van der Waals surface area contributed by atoms with Gasteiger partial charge in [-0.15, -0.1) is 11.8 Å². The second-order valence-corrected chi connectivity index (χ2v) is 8.84. The van der Waals surface area contributed by atoms with Crippen LogP contribution in [-0.4, -0.2) is 24.1 Å². The molecule has 0 bridgehead atoms. The van der Waals surface area contributed by atoms with Gasteiger partial charge in [0.15, 0.2) is 0 Å². The molecule has 2 N–H and O–H groups in total. The highest BCUT2D eigenvalue weighted by molar-refractivity contribution is 9.09. The number of dihydropyridines is 1. The largest absolute Gasteiger partial charge is 0.495 e. The van der Waals surface area contributed by atoms with Crippen molar-refractivity contribution in [2.45, 2.75) is 26.2 Å². The molecule has 0 fully saturated rings. The van der Waals surface area contributed by atoms with Gasteiger partial charge in [-0.1, -0.05) is 28.1 Å². The monoisotopic (exact) mass is 501 g/mol. The molecule has 1 aromatic heterocycles. The maximum Gasteiger partial charge on any atom is 0.254 e. The summed E-state index contributed by atoms with van der Waals surface area (Å²) < 4.78 is 11.2. The Labute approximate surface area is 194 Å². The van der Waals surface area contributed by atoms with Crippen LogP contribution in [-0.2, 0) is 4.79 Å². The number of aryl methyl sites for hydroxylation is 1. The summed E-state index contributed by atoms with van der Waals surface area (Å²) >= 11 is 5.02. The van der Waals surface area contributed by atoms with Gasteiger partial charge in [0.1, 0.15) is 17.3 Å². The van der Waals surface area contributed by atoms with E-state index in [1.807, 2.05) is 38.1 Å². The Bertz CT molecular complexity index is 1070. The minimum Gasteiger partial charge on any atom is -0.495 e. The van der Waals surface area contributed by atoms with E-state index < -0.39 is 5.92 Å². The first kappa shape index (κ1) is 23.0. The minimum atomic E-state index is -0.596. The molecular weight excluding hydrogens is 478 g/mol. The number of thioether (sulfide) groups is 1. The minimum absolute atomic E-state index is 0.314. The summed E-state index contributed by atoms with van der Waals surface area (Å²) in [6, 6.07) is 13.2. The Morgan fingerprint density at radius 3 is 2.74 bits per heavy atom. The van der Waals surface area contributed by atoms with Crippen LogP contribution in [0.2, 0.25) is 0 Å². The number of carbonyl (C=O) groups is 1. The van der Waals surface area contributed by atoms with Crippen LogP contribution in [0.15, 0.2) is 62.7 Å². The number of nitriles is 1. The molecule has 0 radical (unpaired) electrons. The van der Waals surface area contributed by atoms with E-state index in [4.69, 9.17) is 9.15 Å². The zero-order chi connectivity index (χ0) is 22.4. The Kier molecular flexibility index (Phi) is 7.88. The number of amides is 1. The number of benzene rings is 1. The highest BCUT2D eigenvalue weighted by Crippen LogP contribution is 2.42. The Balaban J connectivity index is 2.02. The topological polar surface area (TPSA) is 87.3 Å². The average molecular weight is 502 g/mol. The van der Waals surface area contributed by atoms with Gasteiger partial charge in [-0.25, -0.2) is 0 Å². The summed E-state index contributed by atoms with van der Waals surface area (Å²) in [5.74, 6) is 1.79. The van der Waals surface area contributed by atoms with Crippen molar-refractivity contribution in [1.82, 2.24) is 5.32 Å². The van der Waals surface area contributed by atoms with Crippen LogP contribution in [0.1, 0.15) is 30.8 Å². The lowest BCUT2D eigenvalue weighted by Gasteiger charge is -2.28. The van der Waals surface area contributed by atoms with Crippen molar-refractivity contribution in [2.24, 2.45) is 0 Å². The van der Waals surface area contributed by atoms with Crippen LogP contribution in [0, 0.1) is 18.3 Å². The average Bonchev–Trinajstić information content (AvgIpc) is 3.19. The standard InChI is InChI=1S/C23H24BrN3O3S/c1-14-9-10-19(30-14)21-16(13-25)23(31-12-6-11-24)26-15(2)20(21)22(28)27-17-7-4-5-8-18(17)29-3/h4-5,7-10,21,26H,6,11-12H2,1-3H3,(H,27,28)/t21-/m0/s1. The van der Waals surface area contributed by atoms with Crippen LogP contribution in [0.3, 0.4) is 0 Å². The lowest BCUT2D eigenvalue weighted by Crippen LogP contribution is -2.30. The van der Waals surface area contributed by atoms with Crippen LogP contribution in [0.25, 0.3) is 0 Å². The molecule has 0 spiro atoms. The molecule has 31 heavy (non-hydrogen) atoms. The fraction of sp³-hybridized carbons (Fsp3) is 0.304. The molecule has 0 aliphatic carbocycles. The Morgan fingerprint density at radius 2 is 2.10 bits per heavy atom. The highest BCUT2D eigenvalue weighted by atomic mass is 79.9. The number of nitrogens with zero attached hydrogens (tertiary/aromatic N) is 1. The molecule has 0 saturated heterocycles. The van der Waals surface area contributed by atoms with Gasteiger partial charge in [0.2, 0.25) is 0 Å². The van der Waals surface area contributed by atoms with E-state index >= 15 is 0 Å². The van der Waals surface area contributed by atoms with Crippen molar-refractivity contribution in [3.05, 3.63) is 69.8 Å². The molecular formula is C23H24BrN3O3S. The summed E-state index contributed by atoms with van der Waals surface area (Å²) in [7, 11) is 1.55. The number of carbonyl (C=O) groups excluding carboxylic acids is 1. The van der Waals surface area contributed by atoms with Crippen molar-refractivity contribution in [3.8, 4) is 11.8 Å². The summed E-state index contributed by atoms with van der Waals surface area (Å²) in [6.45, 7) is 3.69. The van der Waals surface area contributed by atoms with E-state index in [0.717, 1.165) is 28.3 Å². The van der Waals surface area contributed by atoms with Gasteiger partial charge in [0.05, 0.1) is 41.0 Å². The molecule has 8 heteroatoms. The van der Waals surface area contributed by atoms with Gasteiger partial charge in [0.25, 0.3) is 5.91 Å². The van der Waals surface area contributed by atoms with Gasteiger partial charge in [0, 0.05) is 16.8 Å². The van der Waals surface area contributed by atoms with Crippen molar-refractivity contribution in [1.29, 1.82) is 5.26 Å². The number of furan rings is 1. The first-order valence-corrected chi connectivity index (χ1v) is 11.9. The van der Waals surface area contributed by atoms with Crippen molar-refractivity contribution in [2.75, 3.05) is 23.5 Å². The number of methoxy groups -OCH3 is 1. The number of rotatable bonds is 8. The zero-order valence-corrected chi connectivity index (χ0v) is 20.0. The SMILES string of the molecule is COc1ccccc1NC(=O)C1=C(C)NC(SCCCBr)=C(C#N)[C@H]1c1ccc(C)o1. The van der Waals surface area contributed by atoms with Crippen LogP contribution >= 0.6 is 27.7 Å². The third-order valence-electron chi connectivity index (χ3n) is 4.82. The molecule has 1 atom stereocenters. The van der Waals surface area contributed by atoms with Gasteiger partial charge in [-0.3, -0.25) is 4.79 Å². The molecule has 6 nitrogen and oxygen atoms in total. The number of hydrogen-bond donors (Lipinski definition) is 2. The Hall–Kier alpha value is -2.63. The lowest BCUT2D eigenvalue weighted by molar-refractivity contribution is -0.113. The second kappa shape index (κ2) is 10.6. The van der Waals surface area contributed by atoms with Crippen LogP contribution < -0.4 is 15.4 Å². The molecule has 2 heterocycles. The third kappa shape index (κ3) is 5.17. The number of ether oxygens (including phenoxy) is 1. The van der Waals surface area contributed by atoms with E-state index in [0.29, 0.717) is 34.0 Å². The summed E-state index contributed by atoms with van der Waals surface area (Å²) in [5.41, 5.74) is 2.17. The molecule has 0 unspecified atom stereocenters. The molecule has 0 saturated carbocycles. The van der Waals surface area contributed by atoms with Gasteiger partial charge >= 0.3 is 0 Å². The van der Waals surface area contributed by atoms with E-state index in [2.05, 4.69) is 32.6 Å². The Morgan fingerprint density at radius 1 is 1.32 bits per heavy atom. The van der Waals surface area contributed by atoms with E-state index in [1.165, 1.54) is 0 Å². The van der Waals surface area contributed by atoms with Crippen LogP contribution in [0.5, 0.6) is 5.75 Å². The molecule has 162 valence electrons. The van der Waals surface area contributed by atoms with Crippen molar-refractivity contribution in [3.63, 3.8) is 0 Å².